The molecule has 1 aromatic heterocycles. The zero-order chi connectivity index (χ0) is 22.1. The molecule has 5 rings (SSSR count). The Labute approximate surface area is 184 Å². The number of fused-ring (bicyclic) bond motifs is 1. The first-order valence-electron chi connectivity index (χ1n) is 10.7. The molecule has 0 radical (unpaired) electrons. The Kier molecular flexibility index (Phi) is 5.41. The maximum absolute atomic E-state index is 14.2. The fraction of sp³-hybridized carbons (Fsp3) is 0.200. The lowest BCUT2D eigenvalue weighted by atomic mass is 10.2. The first-order chi connectivity index (χ1) is 15.6. The van der Waals surface area contributed by atoms with Gasteiger partial charge in [-0.15, -0.1) is 0 Å². The Hall–Kier alpha value is -3.58. The fourth-order valence-corrected chi connectivity index (χ4v) is 4.33. The van der Waals surface area contributed by atoms with Gasteiger partial charge in [0.15, 0.2) is 5.82 Å². The van der Waals surface area contributed by atoms with Crippen LogP contribution in [-0.2, 0) is 6.54 Å². The molecular formula is C25H23F2N4O+. The minimum Gasteiger partial charge on any atom is -0.358 e. The molecule has 3 aromatic carbocycles. The van der Waals surface area contributed by atoms with E-state index in [0.717, 1.165) is 13.1 Å². The number of quaternary nitrogens is 1. The minimum atomic E-state index is -0.355. The second-order valence-electron chi connectivity index (χ2n) is 8.03. The Morgan fingerprint density at radius 2 is 1.56 bits per heavy atom. The molecule has 0 aliphatic carbocycles. The van der Waals surface area contributed by atoms with Crippen molar-refractivity contribution in [2.24, 2.45) is 0 Å². The van der Waals surface area contributed by atoms with Crippen molar-refractivity contribution in [1.29, 1.82) is 0 Å². The van der Waals surface area contributed by atoms with Crippen molar-refractivity contribution >= 4 is 16.6 Å². The smallest absolute Gasteiger partial charge is 0.266 e. The van der Waals surface area contributed by atoms with Gasteiger partial charge in [-0.1, -0.05) is 24.3 Å². The number of piperazine rings is 1. The van der Waals surface area contributed by atoms with Gasteiger partial charge >= 0.3 is 0 Å². The minimum absolute atomic E-state index is 0.165. The average molecular weight is 433 g/mol. The van der Waals surface area contributed by atoms with Crippen LogP contribution in [0.5, 0.6) is 0 Å². The predicted molar refractivity (Wildman–Crippen MR) is 120 cm³/mol. The SMILES string of the molecule is O=c1c2ccccc2nc(C[NH+]2CCN(c3ccccc3F)CC2)n1-c1ccc(F)cc1. The number of nitrogens with zero attached hydrogens (tertiary/aromatic N) is 3. The van der Waals surface area contributed by atoms with E-state index in [0.29, 0.717) is 47.7 Å². The van der Waals surface area contributed by atoms with Gasteiger partial charge in [0, 0.05) is 0 Å². The van der Waals surface area contributed by atoms with Crippen LogP contribution >= 0.6 is 0 Å². The summed E-state index contributed by atoms with van der Waals surface area (Å²) in [7, 11) is 0. The summed E-state index contributed by atoms with van der Waals surface area (Å²) in [6.07, 6.45) is 0. The van der Waals surface area contributed by atoms with Crippen LogP contribution in [0.15, 0.2) is 77.6 Å². The van der Waals surface area contributed by atoms with E-state index in [-0.39, 0.29) is 17.2 Å². The molecule has 1 aliphatic rings. The lowest BCUT2D eigenvalue weighted by Crippen LogP contribution is -3.13. The van der Waals surface area contributed by atoms with E-state index < -0.39 is 0 Å². The first kappa shape index (κ1) is 20.3. The molecule has 1 fully saturated rings. The van der Waals surface area contributed by atoms with Crippen molar-refractivity contribution in [3.8, 4) is 5.69 Å². The molecule has 0 bridgehead atoms. The molecule has 32 heavy (non-hydrogen) atoms. The quantitative estimate of drug-likeness (QED) is 0.538. The van der Waals surface area contributed by atoms with E-state index in [1.165, 1.54) is 23.1 Å². The Morgan fingerprint density at radius 3 is 2.31 bits per heavy atom. The molecule has 1 N–H and O–H groups in total. The molecule has 0 amide bonds. The van der Waals surface area contributed by atoms with Crippen LogP contribution in [0.2, 0.25) is 0 Å². The highest BCUT2D eigenvalue weighted by molar-refractivity contribution is 5.77. The molecule has 2 heterocycles. The summed E-state index contributed by atoms with van der Waals surface area (Å²) in [5.74, 6) is 0.0685. The molecule has 1 aliphatic heterocycles. The van der Waals surface area contributed by atoms with Gasteiger partial charge in [-0.25, -0.2) is 13.8 Å². The van der Waals surface area contributed by atoms with Crippen molar-refractivity contribution in [2.45, 2.75) is 6.54 Å². The van der Waals surface area contributed by atoms with Gasteiger partial charge in [-0.2, -0.15) is 0 Å². The zero-order valence-corrected chi connectivity index (χ0v) is 17.5. The summed E-state index contributed by atoms with van der Waals surface area (Å²) in [6, 6.07) is 20.0. The third-order valence-corrected chi connectivity index (χ3v) is 6.00. The monoisotopic (exact) mass is 433 g/mol. The molecule has 162 valence electrons. The van der Waals surface area contributed by atoms with Crippen LogP contribution in [0.25, 0.3) is 16.6 Å². The number of hydrogen-bond donors (Lipinski definition) is 1. The standard InChI is InChI=1S/C25H22F2N4O/c26-18-9-11-19(12-10-18)31-24(28-22-7-3-1-5-20(22)25(31)32)17-29-13-15-30(16-14-29)23-8-4-2-6-21(23)27/h1-12H,13-17H2/p+1. The van der Waals surface area contributed by atoms with Gasteiger partial charge in [-0.05, 0) is 48.5 Å². The van der Waals surface area contributed by atoms with Crippen LogP contribution in [-0.4, -0.2) is 35.7 Å². The number of para-hydroxylation sites is 2. The lowest BCUT2D eigenvalue weighted by molar-refractivity contribution is -0.915. The number of rotatable bonds is 4. The van der Waals surface area contributed by atoms with Gasteiger partial charge in [0.25, 0.3) is 5.56 Å². The maximum Gasteiger partial charge on any atom is 0.266 e. The number of halogens is 2. The summed E-state index contributed by atoms with van der Waals surface area (Å²) in [6.45, 7) is 3.55. The summed E-state index contributed by atoms with van der Waals surface area (Å²) in [4.78, 5) is 21.4. The number of anilines is 1. The molecular weight excluding hydrogens is 410 g/mol. The van der Waals surface area contributed by atoms with E-state index in [4.69, 9.17) is 4.98 Å². The molecule has 0 saturated carbocycles. The largest absolute Gasteiger partial charge is 0.358 e. The van der Waals surface area contributed by atoms with Crippen LogP contribution < -0.4 is 15.4 Å². The topological polar surface area (TPSA) is 42.6 Å². The molecule has 1 saturated heterocycles. The number of aromatic nitrogens is 2. The number of nitrogens with one attached hydrogen (secondary N) is 1. The van der Waals surface area contributed by atoms with Crippen molar-refractivity contribution in [1.82, 2.24) is 9.55 Å². The van der Waals surface area contributed by atoms with Crippen molar-refractivity contribution < 1.29 is 13.7 Å². The molecule has 5 nitrogen and oxygen atoms in total. The van der Waals surface area contributed by atoms with Crippen molar-refractivity contribution in [3.05, 3.63) is 101 Å². The third kappa shape index (κ3) is 3.87. The summed E-state index contributed by atoms with van der Waals surface area (Å²) < 4.78 is 29.2. The van der Waals surface area contributed by atoms with Gasteiger partial charge in [0.2, 0.25) is 0 Å². The van der Waals surface area contributed by atoms with E-state index in [2.05, 4.69) is 4.90 Å². The maximum atomic E-state index is 14.2. The lowest BCUT2D eigenvalue weighted by Gasteiger charge is -2.33. The van der Waals surface area contributed by atoms with Gasteiger partial charge in [0.05, 0.1) is 48.5 Å². The molecule has 0 spiro atoms. The van der Waals surface area contributed by atoms with E-state index in [1.54, 1.807) is 34.9 Å². The van der Waals surface area contributed by atoms with Gasteiger partial charge in [-0.3, -0.25) is 9.36 Å². The van der Waals surface area contributed by atoms with Gasteiger partial charge < -0.3 is 9.80 Å². The highest BCUT2D eigenvalue weighted by atomic mass is 19.1. The highest BCUT2D eigenvalue weighted by Gasteiger charge is 2.24. The zero-order valence-electron chi connectivity index (χ0n) is 17.5. The van der Waals surface area contributed by atoms with Crippen LogP contribution in [0.1, 0.15) is 5.82 Å². The Morgan fingerprint density at radius 1 is 0.875 bits per heavy atom. The van der Waals surface area contributed by atoms with E-state index >= 15 is 0 Å². The summed E-state index contributed by atoms with van der Waals surface area (Å²) in [5, 5.41) is 0.528. The van der Waals surface area contributed by atoms with Gasteiger partial charge in [0.1, 0.15) is 18.2 Å². The molecule has 0 atom stereocenters. The second kappa shape index (κ2) is 8.51. The van der Waals surface area contributed by atoms with Crippen molar-refractivity contribution in [2.75, 3.05) is 31.1 Å². The summed E-state index contributed by atoms with van der Waals surface area (Å²) in [5.41, 5.74) is 1.70. The third-order valence-electron chi connectivity index (χ3n) is 6.00. The molecule has 4 aromatic rings. The van der Waals surface area contributed by atoms with Crippen LogP contribution in [0.4, 0.5) is 14.5 Å². The van der Waals surface area contributed by atoms with E-state index in [9.17, 15) is 13.6 Å². The van der Waals surface area contributed by atoms with E-state index in [1.807, 2.05) is 24.3 Å². The molecule has 0 unspecified atom stereocenters. The van der Waals surface area contributed by atoms with Crippen LogP contribution in [0, 0.1) is 11.6 Å². The highest BCUT2D eigenvalue weighted by Crippen LogP contribution is 2.18. The number of hydrogen-bond acceptors (Lipinski definition) is 3. The van der Waals surface area contributed by atoms with Crippen LogP contribution in [0.3, 0.4) is 0 Å². The molecule has 7 heteroatoms. The Bertz CT molecular complexity index is 1310. The number of benzene rings is 3. The Balaban J connectivity index is 1.45. The summed E-state index contributed by atoms with van der Waals surface area (Å²) >= 11 is 0. The predicted octanol–water partition coefficient (Wildman–Crippen LogP) is 2.57. The normalized spacial score (nSPS) is 14.8. The average Bonchev–Trinajstić information content (AvgIpc) is 2.81. The van der Waals surface area contributed by atoms with Crippen molar-refractivity contribution in [3.63, 3.8) is 0 Å². The first-order valence-corrected chi connectivity index (χ1v) is 10.7. The second-order valence-corrected chi connectivity index (χ2v) is 8.03. The fourth-order valence-electron chi connectivity index (χ4n) is 4.33.